The van der Waals surface area contributed by atoms with Gasteiger partial charge in [-0.2, -0.15) is 0 Å². The van der Waals surface area contributed by atoms with E-state index < -0.39 is 5.97 Å². The Bertz CT molecular complexity index is 388. The molecule has 0 fully saturated rings. The van der Waals surface area contributed by atoms with E-state index in [-0.39, 0.29) is 12.5 Å². The van der Waals surface area contributed by atoms with Gasteiger partial charge < -0.3 is 10.0 Å². The summed E-state index contributed by atoms with van der Waals surface area (Å²) >= 11 is 0. The number of carboxylic acids is 1. The van der Waals surface area contributed by atoms with Crippen molar-refractivity contribution in [2.24, 2.45) is 0 Å². The zero-order chi connectivity index (χ0) is 12.3. The Labute approximate surface area is 96.7 Å². The molecule has 0 amide bonds. The van der Waals surface area contributed by atoms with Crippen molar-refractivity contribution in [3.8, 4) is 0 Å². The number of benzene rings is 1. The maximum absolute atomic E-state index is 10.7. The molecule has 1 rings (SSSR count). The fraction of sp³-hybridized carbons (Fsp3) is 0.462. The van der Waals surface area contributed by atoms with Gasteiger partial charge in [0.05, 0.1) is 6.42 Å². The van der Waals surface area contributed by atoms with Gasteiger partial charge >= 0.3 is 5.97 Å². The number of carboxylic acid groups (broad SMARTS) is 1. The minimum absolute atomic E-state index is 0.00101. The molecule has 88 valence electrons. The van der Waals surface area contributed by atoms with E-state index in [9.17, 15) is 4.79 Å². The van der Waals surface area contributed by atoms with Crippen molar-refractivity contribution in [2.75, 3.05) is 11.9 Å². The highest BCUT2D eigenvalue weighted by molar-refractivity contribution is 5.68. The van der Waals surface area contributed by atoms with Crippen molar-refractivity contribution in [1.29, 1.82) is 0 Å². The molecule has 1 atom stereocenters. The number of nitrogens with zero attached hydrogens (tertiary/aromatic N) is 1. The van der Waals surface area contributed by atoms with E-state index >= 15 is 0 Å². The summed E-state index contributed by atoms with van der Waals surface area (Å²) in [6, 6.07) is 6.20. The quantitative estimate of drug-likeness (QED) is 0.849. The standard InChI is InChI=1S/C13H19NO2/c1-9-5-6-12(10(2)7-9)14(4)11(3)8-13(15)16/h5-7,11H,8H2,1-4H3,(H,15,16). The molecule has 1 aromatic carbocycles. The minimum atomic E-state index is -0.760. The summed E-state index contributed by atoms with van der Waals surface area (Å²) in [6.07, 6.45) is 0.157. The zero-order valence-corrected chi connectivity index (χ0v) is 10.3. The second kappa shape index (κ2) is 5.01. The fourth-order valence-corrected chi connectivity index (χ4v) is 1.83. The Balaban J connectivity index is 2.87. The molecule has 0 aliphatic carbocycles. The maximum atomic E-state index is 10.7. The molecular formula is C13H19NO2. The van der Waals surface area contributed by atoms with Gasteiger partial charge in [0.1, 0.15) is 0 Å². The molecule has 0 aliphatic rings. The van der Waals surface area contributed by atoms with Crippen LogP contribution in [0.3, 0.4) is 0 Å². The molecule has 1 unspecified atom stereocenters. The van der Waals surface area contributed by atoms with E-state index in [0.717, 1.165) is 5.69 Å². The van der Waals surface area contributed by atoms with Gasteiger partial charge in [-0.3, -0.25) is 4.79 Å². The van der Waals surface area contributed by atoms with Crippen LogP contribution in [0.2, 0.25) is 0 Å². The number of rotatable bonds is 4. The molecule has 16 heavy (non-hydrogen) atoms. The van der Waals surface area contributed by atoms with E-state index in [1.807, 2.05) is 37.9 Å². The van der Waals surface area contributed by atoms with Gasteiger partial charge in [-0.1, -0.05) is 17.7 Å². The molecule has 0 bridgehead atoms. The summed E-state index contributed by atoms with van der Waals surface area (Å²) in [6.45, 7) is 6.02. The second-order valence-corrected chi connectivity index (χ2v) is 4.35. The molecule has 1 aromatic rings. The summed E-state index contributed by atoms with van der Waals surface area (Å²) in [5, 5.41) is 8.77. The number of aliphatic carboxylic acids is 1. The van der Waals surface area contributed by atoms with Crippen LogP contribution in [-0.2, 0) is 4.79 Å². The maximum Gasteiger partial charge on any atom is 0.305 e. The average molecular weight is 221 g/mol. The van der Waals surface area contributed by atoms with Gasteiger partial charge in [0.2, 0.25) is 0 Å². The van der Waals surface area contributed by atoms with Crippen LogP contribution >= 0.6 is 0 Å². The van der Waals surface area contributed by atoms with Crippen molar-refractivity contribution < 1.29 is 9.90 Å². The highest BCUT2D eigenvalue weighted by Crippen LogP contribution is 2.22. The monoisotopic (exact) mass is 221 g/mol. The third-order valence-corrected chi connectivity index (χ3v) is 2.86. The smallest absolute Gasteiger partial charge is 0.305 e. The molecule has 0 aliphatic heterocycles. The third-order valence-electron chi connectivity index (χ3n) is 2.86. The van der Waals surface area contributed by atoms with Gasteiger partial charge in [0.25, 0.3) is 0 Å². The Kier molecular flexibility index (Phi) is 3.93. The Morgan fingerprint density at radius 3 is 2.56 bits per heavy atom. The van der Waals surface area contributed by atoms with E-state index in [1.165, 1.54) is 11.1 Å². The van der Waals surface area contributed by atoms with Crippen molar-refractivity contribution in [2.45, 2.75) is 33.2 Å². The highest BCUT2D eigenvalue weighted by atomic mass is 16.4. The lowest BCUT2D eigenvalue weighted by Gasteiger charge is -2.27. The van der Waals surface area contributed by atoms with Gasteiger partial charge in [-0.15, -0.1) is 0 Å². The van der Waals surface area contributed by atoms with Crippen LogP contribution in [0.15, 0.2) is 18.2 Å². The van der Waals surface area contributed by atoms with Gasteiger partial charge in [0.15, 0.2) is 0 Å². The average Bonchev–Trinajstić information content (AvgIpc) is 2.15. The van der Waals surface area contributed by atoms with Crippen LogP contribution in [0, 0.1) is 13.8 Å². The molecule has 0 saturated heterocycles. The predicted molar refractivity (Wildman–Crippen MR) is 66.0 cm³/mol. The van der Waals surface area contributed by atoms with Crippen LogP contribution < -0.4 is 4.90 Å². The van der Waals surface area contributed by atoms with Gasteiger partial charge in [0, 0.05) is 18.8 Å². The minimum Gasteiger partial charge on any atom is -0.481 e. The molecular weight excluding hydrogens is 202 g/mol. The number of aryl methyl sites for hydroxylation is 2. The molecule has 1 N–H and O–H groups in total. The van der Waals surface area contributed by atoms with E-state index in [4.69, 9.17) is 5.11 Å². The first-order valence-corrected chi connectivity index (χ1v) is 5.43. The first-order chi connectivity index (χ1) is 7.41. The molecule has 0 radical (unpaired) electrons. The van der Waals surface area contributed by atoms with Crippen molar-refractivity contribution >= 4 is 11.7 Å². The fourth-order valence-electron chi connectivity index (χ4n) is 1.83. The van der Waals surface area contributed by atoms with E-state index in [0.29, 0.717) is 0 Å². The molecule has 0 saturated carbocycles. The number of carbonyl (C=O) groups is 1. The number of hydrogen-bond donors (Lipinski definition) is 1. The summed E-state index contributed by atoms with van der Waals surface area (Å²) in [7, 11) is 1.94. The molecule has 0 aromatic heterocycles. The highest BCUT2D eigenvalue weighted by Gasteiger charge is 2.14. The van der Waals surface area contributed by atoms with Crippen LogP contribution in [0.5, 0.6) is 0 Å². The molecule has 3 heteroatoms. The van der Waals surface area contributed by atoms with E-state index in [2.05, 4.69) is 13.0 Å². The first-order valence-electron chi connectivity index (χ1n) is 5.43. The summed E-state index contributed by atoms with van der Waals surface area (Å²) in [5.74, 6) is -0.760. The third kappa shape index (κ3) is 2.99. The van der Waals surface area contributed by atoms with Crippen LogP contribution in [0.4, 0.5) is 5.69 Å². The number of hydrogen-bond acceptors (Lipinski definition) is 2. The Morgan fingerprint density at radius 2 is 2.06 bits per heavy atom. The Hall–Kier alpha value is -1.51. The number of anilines is 1. The van der Waals surface area contributed by atoms with Gasteiger partial charge in [-0.05, 0) is 32.4 Å². The Morgan fingerprint density at radius 1 is 1.44 bits per heavy atom. The lowest BCUT2D eigenvalue weighted by Crippen LogP contribution is -2.31. The van der Waals surface area contributed by atoms with Crippen LogP contribution in [0.25, 0.3) is 0 Å². The lowest BCUT2D eigenvalue weighted by atomic mass is 10.1. The summed E-state index contributed by atoms with van der Waals surface area (Å²) < 4.78 is 0. The van der Waals surface area contributed by atoms with E-state index in [1.54, 1.807) is 0 Å². The van der Waals surface area contributed by atoms with Gasteiger partial charge in [-0.25, -0.2) is 0 Å². The van der Waals surface area contributed by atoms with Crippen molar-refractivity contribution in [3.05, 3.63) is 29.3 Å². The predicted octanol–water partition coefficient (Wildman–Crippen LogP) is 2.60. The largest absolute Gasteiger partial charge is 0.481 e. The topological polar surface area (TPSA) is 40.5 Å². The summed E-state index contributed by atoms with van der Waals surface area (Å²) in [5.41, 5.74) is 3.50. The normalized spacial score (nSPS) is 12.2. The SMILES string of the molecule is Cc1ccc(N(C)C(C)CC(=O)O)c(C)c1. The zero-order valence-electron chi connectivity index (χ0n) is 10.3. The first kappa shape index (κ1) is 12.6. The van der Waals surface area contributed by atoms with Crippen molar-refractivity contribution in [3.63, 3.8) is 0 Å². The molecule has 0 heterocycles. The summed E-state index contributed by atoms with van der Waals surface area (Å²) in [4.78, 5) is 12.7. The van der Waals surface area contributed by atoms with Crippen LogP contribution in [0.1, 0.15) is 24.5 Å². The molecule has 0 spiro atoms. The lowest BCUT2D eigenvalue weighted by molar-refractivity contribution is -0.137. The van der Waals surface area contributed by atoms with Crippen molar-refractivity contribution in [1.82, 2.24) is 0 Å². The second-order valence-electron chi connectivity index (χ2n) is 4.35. The van der Waals surface area contributed by atoms with Crippen LogP contribution in [-0.4, -0.2) is 24.2 Å². The molecule has 3 nitrogen and oxygen atoms in total.